The SMILES string of the molecule is O=C(N[C@@H](Cc1ccccc1)c1nc2ccccc2[nH]1)c1cccs1. The van der Waals surface area contributed by atoms with Crippen LogP contribution in [0.3, 0.4) is 0 Å². The average Bonchev–Trinajstić information content (AvgIpc) is 3.31. The van der Waals surface area contributed by atoms with E-state index in [-0.39, 0.29) is 11.9 Å². The normalized spacial score (nSPS) is 12.2. The number of benzene rings is 2. The molecule has 2 heterocycles. The quantitative estimate of drug-likeness (QED) is 0.564. The number of fused-ring (bicyclic) bond motifs is 1. The molecule has 0 saturated carbocycles. The van der Waals surface area contributed by atoms with Crippen molar-refractivity contribution in [2.45, 2.75) is 12.5 Å². The number of imidazole rings is 1. The Kier molecular flexibility index (Phi) is 4.31. The second-order valence-corrected chi connectivity index (χ2v) is 6.78. The predicted octanol–water partition coefficient (Wildman–Crippen LogP) is 4.34. The Labute approximate surface area is 149 Å². The van der Waals surface area contributed by atoms with Gasteiger partial charge in [0.05, 0.1) is 22.0 Å². The van der Waals surface area contributed by atoms with E-state index >= 15 is 0 Å². The predicted molar refractivity (Wildman–Crippen MR) is 101 cm³/mol. The summed E-state index contributed by atoms with van der Waals surface area (Å²) in [6.07, 6.45) is 0.678. The van der Waals surface area contributed by atoms with Crippen LogP contribution in [-0.4, -0.2) is 15.9 Å². The van der Waals surface area contributed by atoms with Gasteiger partial charge >= 0.3 is 0 Å². The smallest absolute Gasteiger partial charge is 0.261 e. The van der Waals surface area contributed by atoms with Gasteiger partial charge in [0, 0.05) is 0 Å². The lowest BCUT2D eigenvalue weighted by atomic mass is 10.1. The maximum atomic E-state index is 12.6. The zero-order chi connectivity index (χ0) is 17.1. The largest absolute Gasteiger partial charge is 0.341 e. The number of nitrogens with zero attached hydrogens (tertiary/aromatic N) is 1. The molecular formula is C20H17N3OS. The van der Waals surface area contributed by atoms with Crippen molar-refractivity contribution in [3.05, 3.63) is 88.4 Å². The molecule has 0 aliphatic heterocycles. The lowest BCUT2D eigenvalue weighted by Crippen LogP contribution is -2.30. The maximum absolute atomic E-state index is 12.6. The van der Waals surface area contributed by atoms with Crippen molar-refractivity contribution >= 4 is 28.3 Å². The van der Waals surface area contributed by atoms with Crippen molar-refractivity contribution in [3.63, 3.8) is 0 Å². The summed E-state index contributed by atoms with van der Waals surface area (Å²) in [6, 6.07) is 21.5. The number of carbonyl (C=O) groups excluding carboxylic acids is 1. The standard InChI is InChI=1S/C20H17N3OS/c24-20(18-11-6-12-25-18)23-17(13-14-7-2-1-3-8-14)19-21-15-9-4-5-10-16(15)22-19/h1-12,17H,13H2,(H,21,22)(H,23,24)/t17-/m0/s1. The molecule has 0 bridgehead atoms. The number of aromatic amines is 1. The van der Waals surface area contributed by atoms with Crippen LogP contribution in [-0.2, 0) is 6.42 Å². The lowest BCUT2D eigenvalue weighted by molar-refractivity contribution is 0.0939. The first-order chi connectivity index (χ1) is 12.3. The summed E-state index contributed by atoms with van der Waals surface area (Å²) in [4.78, 5) is 21.3. The molecule has 0 spiro atoms. The molecule has 0 aliphatic carbocycles. The Hall–Kier alpha value is -2.92. The van der Waals surface area contributed by atoms with Gasteiger partial charge in [0.25, 0.3) is 5.91 Å². The van der Waals surface area contributed by atoms with Gasteiger partial charge in [-0.2, -0.15) is 0 Å². The van der Waals surface area contributed by atoms with E-state index < -0.39 is 0 Å². The Bertz CT molecular complexity index is 944. The van der Waals surface area contributed by atoms with Gasteiger partial charge in [-0.25, -0.2) is 4.98 Å². The molecular weight excluding hydrogens is 330 g/mol. The summed E-state index contributed by atoms with van der Waals surface area (Å²) >= 11 is 1.44. The minimum absolute atomic E-state index is 0.0728. The van der Waals surface area contributed by atoms with Crippen LogP contribution in [0.1, 0.15) is 27.1 Å². The van der Waals surface area contributed by atoms with E-state index in [9.17, 15) is 4.79 Å². The molecule has 4 aromatic rings. The molecule has 1 atom stereocenters. The van der Waals surface area contributed by atoms with Crippen LogP contribution in [0.5, 0.6) is 0 Å². The van der Waals surface area contributed by atoms with Gasteiger partial charge < -0.3 is 10.3 Å². The first-order valence-corrected chi connectivity index (χ1v) is 9.00. The van der Waals surface area contributed by atoms with Gasteiger partial charge in [0.1, 0.15) is 5.82 Å². The van der Waals surface area contributed by atoms with Crippen LogP contribution in [0.4, 0.5) is 0 Å². The van der Waals surface area contributed by atoms with Gasteiger partial charge in [-0.05, 0) is 35.6 Å². The Morgan fingerprint density at radius 1 is 1.04 bits per heavy atom. The molecule has 0 aliphatic rings. The van der Waals surface area contributed by atoms with E-state index in [0.717, 1.165) is 22.4 Å². The van der Waals surface area contributed by atoms with E-state index in [1.807, 2.05) is 60.0 Å². The molecule has 124 valence electrons. The summed E-state index contributed by atoms with van der Waals surface area (Å²) in [5.74, 6) is 0.700. The van der Waals surface area contributed by atoms with Gasteiger partial charge in [0.2, 0.25) is 0 Å². The van der Waals surface area contributed by atoms with Crippen molar-refractivity contribution < 1.29 is 4.79 Å². The molecule has 0 saturated heterocycles. The van der Waals surface area contributed by atoms with Gasteiger partial charge in [-0.15, -0.1) is 11.3 Å². The first kappa shape index (κ1) is 15.6. The van der Waals surface area contributed by atoms with Gasteiger partial charge in [0.15, 0.2) is 0 Å². The molecule has 0 fully saturated rings. The number of rotatable bonds is 5. The number of para-hydroxylation sites is 2. The van der Waals surface area contributed by atoms with E-state index in [1.165, 1.54) is 11.3 Å². The van der Waals surface area contributed by atoms with Crippen molar-refractivity contribution in [3.8, 4) is 0 Å². The fraction of sp³-hybridized carbons (Fsp3) is 0.100. The number of amides is 1. The summed E-state index contributed by atoms with van der Waals surface area (Å²) in [7, 11) is 0. The minimum Gasteiger partial charge on any atom is -0.341 e. The zero-order valence-corrected chi connectivity index (χ0v) is 14.3. The second kappa shape index (κ2) is 6.91. The minimum atomic E-state index is -0.218. The third-order valence-corrected chi connectivity index (χ3v) is 4.94. The highest BCUT2D eigenvalue weighted by Gasteiger charge is 2.20. The molecule has 2 aromatic carbocycles. The van der Waals surface area contributed by atoms with Crippen molar-refractivity contribution in [2.75, 3.05) is 0 Å². The van der Waals surface area contributed by atoms with E-state index in [4.69, 9.17) is 0 Å². The van der Waals surface area contributed by atoms with Crippen molar-refractivity contribution in [1.82, 2.24) is 15.3 Å². The Balaban J connectivity index is 1.66. The average molecular weight is 347 g/mol. The first-order valence-electron chi connectivity index (χ1n) is 8.12. The van der Waals surface area contributed by atoms with Crippen LogP contribution in [0.15, 0.2) is 72.1 Å². The second-order valence-electron chi connectivity index (χ2n) is 5.83. The third-order valence-electron chi connectivity index (χ3n) is 4.07. The molecule has 2 N–H and O–H groups in total. The van der Waals surface area contributed by atoms with Crippen molar-refractivity contribution in [1.29, 1.82) is 0 Å². The van der Waals surface area contributed by atoms with Crippen LogP contribution >= 0.6 is 11.3 Å². The molecule has 2 aromatic heterocycles. The van der Waals surface area contributed by atoms with Crippen LogP contribution in [0.25, 0.3) is 11.0 Å². The van der Waals surface area contributed by atoms with Gasteiger partial charge in [-0.3, -0.25) is 4.79 Å². The van der Waals surface area contributed by atoms with Crippen LogP contribution in [0, 0.1) is 0 Å². The Morgan fingerprint density at radius 2 is 1.84 bits per heavy atom. The number of nitrogens with one attached hydrogen (secondary N) is 2. The molecule has 0 unspecified atom stereocenters. The molecule has 1 amide bonds. The molecule has 0 radical (unpaired) electrons. The topological polar surface area (TPSA) is 57.8 Å². The fourth-order valence-corrected chi connectivity index (χ4v) is 3.47. The van der Waals surface area contributed by atoms with Gasteiger partial charge in [-0.1, -0.05) is 48.5 Å². The maximum Gasteiger partial charge on any atom is 0.261 e. The van der Waals surface area contributed by atoms with Crippen LogP contribution in [0.2, 0.25) is 0 Å². The number of carbonyl (C=O) groups is 1. The van der Waals surface area contributed by atoms with E-state index in [0.29, 0.717) is 11.3 Å². The summed E-state index contributed by atoms with van der Waals surface area (Å²) in [5, 5.41) is 5.03. The third kappa shape index (κ3) is 3.46. The van der Waals surface area contributed by atoms with E-state index in [1.54, 1.807) is 0 Å². The highest BCUT2D eigenvalue weighted by atomic mass is 32.1. The highest BCUT2D eigenvalue weighted by molar-refractivity contribution is 7.12. The molecule has 4 rings (SSSR count). The monoisotopic (exact) mass is 347 g/mol. The van der Waals surface area contributed by atoms with Crippen molar-refractivity contribution in [2.24, 2.45) is 0 Å². The number of aromatic nitrogens is 2. The molecule has 25 heavy (non-hydrogen) atoms. The number of H-pyrrole nitrogens is 1. The summed E-state index contributed by atoms with van der Waals surface area (Å²) in [6.45, 7) is 0. The fourth-order valence-electron chi connectivity index (χ4n) is 2.84. The summed E-state index contributed by atoms with van der Waals surface area (Å²) < 4.78 is 0. The zero-order valence-electron chi connectivity index (χ0n) is 13.5. The highest BCUT2D eigenvalue weighted by Crippen LogP contribution is 2.21. The van der Waals surface area contributed by atoms with Crippen LogP contribution < -0.4 is 5.32 Å². The molecule has 4 nitrogen and oxygen atoms in total. The number of hydrogen-bond donors (Lipinski definition) is 2. The van der Waals surface area contributed by atoms with E-state index in [2.05, 4.69) is 27.4 Å². The molecule has 5 heteroatoms. The lowest BCUT2D eigenvalue weighted by Gasteiger charge is -2.16. The number of hydrogen-bond acceptors (Lipinski definition) is 3. The Morgan fingerprint density at radius 3 is 2.60 bits per heavy atom. The number of thiophene rings is 1. The summed E-state index contributed by atoms with van der Waals surface area (Å²) in [5.41, 5.74) is 3.03.